The monoisotopic (exact) mass is 291 g/mol. The molecule has 0 atom stereocenters. The van der Waals surface area contributed by atoms with Gasteiger partial charge in [-0.2, -0.15) is 0 Å². The van der Waals surface area contributed by atoms with Gasteiger partial charge in [-0.05, 0) is 24.0 Å². The van der Waals surface area contributed by atoms with E-state index in [4.69, 9.17) is 4.74 Å². The van der Waals surface area contributed by atoms with E-state index in [0.717, 1.165) is 23.0 Å². The molecule has 1 aromatic heterocycles. The molecule has 1 N–H and O–H groups in total. The van der Waals surface area contributed by atoms with Gasteiger partial charge >= 0.3 is 0 Å². The number of para-hydroxylation sites is 1. The minimum atomic E-state index is 0.0570. The van der Waals surface area contributed by atoms with Gasteiger partial charge in [-0.3, -0.25) is 0 Å². The predicted octanol–water partition coefficient (Wildman–Crippen LogP) is 3.85. The quantitative estimate of drug-likeness (QED) is 0.909. The van der Waals surface area contributed by atoms with Crippen molar-refractivity contribution in [3.63, 3.8) is 0 Å². The Bertz CT molecular complexity index is 560. The summed E-state index contributed by atoms with van der Waals surface area (Å²) in [5.41, 5.74) is 2.12. The number of nitrogens with one attached hydrogen (secondary N) is 1. The molecule has 0 saturated heterocycles. The van der Waals surface area contributed by atoms with Gasteiger partial charge < -0.3 is 10.1 Å². The van der Waals surface area contributed by atoms with Crippen molar-refractivity contribution in [3.05, 3.63) is 35.5 Å². The Kier molecular flexibility index (Phi) is 4.60. The number of rotatable bonds is 5. The highest BCUT2D eigenvalue weighted by Gasteiger charge is 2.19. The van der Waals surface area contributed by atoms with E-state index in [9.17, 15) is 0 Å². The first-order valence-electron chi connectivity index (χ1n) is 6.79. The third kappa shape index (κ3) is 3.48. The van der Waals surface area contributed by atoms with Gasteiger partial charge in [0, 0.05) is 18.1 Å². The van der Waals surface area contributed by atoms with Crippen LogP contribution in [0, 0.1) is 0 Å². The van der Waals surface area contributed by atoms with Gasteiger partial charge in [-0.25, -0.2) is 0 Å². The molecule has 0 fully saturated rings. The maximum atomic E-state index is 5.96. The summed E-state index contributed by atoms with van der Waals surface area (Å²) < 4.78 is 9.93. The van der Waals surface area contributed by atoms with Crippen LogP contribution >= 0.6 is 11.5 Å². The highest BCUT2D eigenvalue weighted by molar-refractivity contribution is 7.10. The van der Waals surface area contributed by atoms with Crippen molar-refractivity contribution < 1.29 is 4.74 Å². The summed E-state index contributed by atoms with van der Waals surface area (Å²) in [5.74, 6) is 0.912. The lowest BCUT2D eigenvalue weighted by molar-refractivity contribution is 0.293. The van der Waals surface area contributed by atoms with Gasteiger partial charge in [0.1, 0.15) is 23.1 Å². The number of aromatic nitrogens is 2. The molecule has 20 heavy (non-hydrogen) atoms. The highest BCUT2D eigenvalue weighted by Crippen LogP contribution is 2.31. The summed E-state index contributed by atoms with van der Waals surface area (Å²) in [5, 5.41) is 8.36. The smallest absolute Gasteiger partial charge is 0.136 e. The van der Waals surface area contributed by atoms with E-state index in [1.807, 2.05) is 18.2 Å². The Morgan fingerprint density at radius 1 is 1.25 bits per heavy atom. The first kappa shape index (κ1) is 14.8. The van der Waals surface area contributed by atoms with Gasteiger partial charge in [-0.1, -0.05) is 43.5 Å². The number of hydrogen-bond donors (Lipinski definition) is 1. The van der Waals surface area contributed by atoms with Crippen LogP contribution < -0.4 is 10.1 Å². The van der Waals surface area contributed by atoms with E-state index in [0.29, 0.717) is 6.61 Å². The third-order valence-corrected chi connectivity index (χ3v) is 3.68. The summed E-state index contributed by atoms with van der Waals surface area (Å²) in [6, 6.07) is 8.16. The Morgan fingerprint density at radius 3 is 2.70 bits per heavy atom. The molecule has 0 bridgehead atoms. The zero-order valence-corrected chi connectivity index (χ0v) is 13.3. The fraction of sp³-hybridized carbons (Fsp3) is 0.467. The van der Waals surface area contributed by atoms with Gasteiger partial charge in [0.25, 0.3) is 0 Å². The molecule has 0 spiro atoms. The molecule has 0 radical (unpaired) electrons. The molecule has 2 aromatic rings. The molecule has 4 nitrogen and oxygen atoms in total. The average molecular weight is 291 g/mol. The Balaban J connectivity index is 2.13. The fourth-order valence-corrected chi connectivity index (χ4v) is 2.59. The van der Waals surface area contributed by atoms with Crippen LogP contribution in [0.5, 0.6) is 5.75 Å². The second kappa shape index (κ2) is 6.22. The molecular weight excluding hydrogens is 270 g/mol. The Hall–Kier alpha value is -1.62. The van der Waals surface area contributed by atoms with Crippen LogP contribution in [0.4, 0.5) is 5.00 Å². The molecule has 0 unspecified atom stereocenters. The van der Waals surface area contributed by atoms with Crippen molar-refractivity contribution in [2.45, 2.75) is 39.7 Å². The van der Waals surface area contributed by atoms with Crippen LogP contribution in [0.2, 0.25) is 0 Å². The molecule has 0 aliphatic rings. The van der Waals surface area contributed by atoms with Crippen LogP contribution in [0.15, 0.2) is 24.3 Å². The molecule has 2 rings (SSSR count). The van der Waals surface area contributed by atoms with Crippen LogP contribution in [0.3, 0.4) is 0 Å². The van der Waals surface area contributed by atoms with Crippen LogP contribution in [-0.2, 0) is 12.0 Å². The zero-order chi connectivity index (χ0) is 14.6. The second-order valence-electron chi connectivity index (χ2n) is 5.61. The van der Waals surface area contributed by atoms with E-state index in [1.165, 1.54) is 17.1 Å². The minimum absolute atomic E-state index is 0.0570. The zero-order valence-electron chi connectivity index (χ0n) is 12.4. The number of ether oxygens (including phenoxy) is 1. The fourth-order valence-electron chi connectivity index (χ4n) is 1.96. The summed E-state index contributed by atoms with van der Waals surface area (Å²) in [7, 11) is 0. The Morgan fingerprint density at radius 2 is 2.00 bits per heavy atom. The van der Waals surface area contributed by atoms with Crippen molar-refractivity contribution in [2.24, 2.45) is 0 Å². The van der Waals surface area contributed by atoms with E-state index in [-0.39, 0.29) is 5.41 Å². The molecule has 0 aliphatic heterocycles. The topological polar surface area (TPSA) is 47.0 Å². The Labute approximate surface area is 124 Å². The van der Waals surface area contributed by atoms with Crippen molar-refractivity contribution in [1.82, 2.24) is 9.59 Å². The molecule has 1 aromatic carbocycles. The molecule has 0 saturated carbocycles. The van der Waals surface area contributed by atoms with E-state index < -0.39 is 0 Å². The van der Waals surface area contributed by atoms with Crippen molar-refractivity contribution in [3.8, 4) is 5.75 Å². The highest BCUT2D eigenvalue weighted by atomic mass is 32.1. The molecule has 1 heterocycles. The molecular formula is C15H21N3OS. The van der Waals surface area contributed by atoms with Crippen molar-refractivity contribution >= 4 is 16.5 Å². The second-order valence-corrected chi connectivity index (χ2v) is 6.37. The van der Waals surface area contributed by atoms with Gasteiger partial charge in [0.05, 0.1) is 0 Å². The first-order chi connectivity index (χ1) is 9.52. The molecule has 0 aliphatic carbocycles. The van der Waals surface area contributed by atoms with E-state index in [2.05, 4.69) is 48.7 Å². The van der Waals surface area contributed by atoms with Crippen LogP contribution in [0.25, 0.3) is 0 Å². The summed E-state index contributed by atoms with van der Waals surface area (Å²) >= 11 is 1.37. The summed E-state index contributed by atoms with van der Waals surface area (Å²) in [6.45, 7) is 9.90. The largest absolute Gasteiger partial charge is 0.487 e. The van der Waals surface area contributed by atoms with Gasteiger partial charge in [0.2, 0.25) is 0 Å². The molecule has 5 heteroatoms. The first-order valence-corrected chi connectivity index (χ1v) is 7.57. The predicted molar refractivity (Wildman–Crippen MR) is 83.5 cm³/mol. The summed E-state index contributed by atoms with van der Waals surface area (Å²) in [6.07, 6.45) is 0. The lowest BCUT2D eigenvalue weighted by Gasteiger charge is -2.22. The number of benzene rings is 1. The minimum Gasteiger partial charge on any atom is -0.487 e. The normalized spacial score (nSPS) is 11.4. The number of anilines is 1. The molecule has 0 amide bonds. The van der Waals surface area contributed by atoms with E-state index in [1.54, 1.807) is 0 Å². The van der Waals surface area contributed by atoms with Crippen molar-refractivity contribution in [2.75, 3.05) is 11.9 Å². The number of nitrogens with zero attached hydrogens (tertiary/aromatic N) is 2. The third-order valence-electron chi connectivity index (χ3n) is 2.95. The lowest BCUT2D eigenvalue weighted by Crippen LogP contribution is -2.13. The van der Waals surface area contributed by atoms with E-state index >= 15 is 0 Å². The number of hydrogen-bond acceptors (Lipinski definition) is 5. The standard InChI is InChI=1S/C15H21N3OS/c1-5-16-14-12(17-18-20-14)10-19-13-9-7-6-8-11(13)15(2,3)4/h6-9,16H,5,10H2,1-4H3. The SMILES string of the molecule is CCNc1snnc1COc1ccccc1C(C)(C)C. The average Bonchev–Trinajstić information content (AvgIpc) is 2.83. The van der Waals surface area contributed by atoms with Gasteiger partial charge in [-0.15, -0.1) is 5.10 Å². The molecule has 108 valence electrons. The van der Waals surface area contributed by atoms with Crippen molar-refractivity contribution in [1.29, 1.82) is 0 Å². The van der Waals surface area contributed by atoms with Crippen LogP contribution in [0.1, 0.15) is 39.0 Å². The maximum Gasteiger partial charge on any atom is 0.136 e. The lowest BCUT2D eigenvalue weighted by atomic mass is 9.86. The maximum absolute atomic E-state index is 5.96. The van der Waals surface area contributed by atoms with Gasteiger partial charge in [0.15, 0.2) is 0 Å². The summed E-state index contributed by atoms with van der Waals surface area (Å²) in [4.78, 5) is 0. The van der Waals surface area contributed by atoms with Crippen LogP contribution in [-0.4, -0.2) is 16.1 Å².